The number of hydrogen-bond acceptors (Lipinski definition) is 3. The van der Waals surface area contributed by atoms with E-state index in [0.717, 1.165) is 24.1 Å². The highest BCUT2D eigenvalue weighted by atomic mass is 19.1. The Balaban J connectivity index is 1.59. The second-order valence-corrected chi connectivity index (χ2v) is 6.37. The van der Waals surface area contributed by atoms with Gasteiger partial charge in [0.25, 0.3) is 0 Å². The summed E-state index contributed by atoms with van der Waals surface area (Å²) in [5.74, 6) is -0.424. The zero-order valence-electron chi connectivity index (χ0n) is 13.4. The monoisotopic (exact) mass is 328 g/mol. The Kier molecular flexibility index (Phi) is 4.90. The van der Waals surface area contributed by atoms with Crippen molar-refractivity contribution < 1.29 is 14.3 Å². The molecule has 0 saturated heterocycles. The van der Waals surface area contributed by atoms with Crippen molar-refractivity contribution in [2.45, 2.75) is 24.7 Å². The zero-order chi connectivity index (χ0) is 17.0. The molecule has 4 nitrogen and oxygen atoms in total. The molecular weight excluding hydrogens is 307 g/mol. The van der Waals surface area contributed by atoms with E-state index in [1.54, 1.807) is 18.3 Å². The maximum atomic E-state index is 13.1. The number of nitrogens with zero attached hydrogens (tertiary/aromatic N) is 1. The number of pyridine rings is 1. The third-order valence-corrected chi connectivity index (χ3v) is 4.61. The molecule has 1 unspecified atom stereocenters. The number of carbonyl (C=O) groups is 1. The van der Waals surface area contributed by atoms with E-state index < -0.39 is 5.41 Å². The molecule has 5 heteroatoms. The van der Waals surface area contributed by atoms with Gasteiger partial charge in [0.2, 0.25) is 5.91 Å². The van der Waals surface area contributed by atoms with Crippen LogP contribution in [0.25, 0.3) is 0 Å². The lowest BCUT2D eigenvalue weighted by atomic mass is 9.94. The maximum absolute atomic E-state index is 13.1. The van der Waals surface area contributed by atoms with Gasteiger partial charge in [0.15, 0.2) is 0 Å². The van der Waals surface area contributed by atoms with Crippen molar-refractivity contribution in [3.63, 3.8) is 0 Å². The van der Waals surface area contributed by atoms with E-state index in [0.29, 0.717) is 13.0 Å². The number of hydrogen-bond donors (Lipinski definition) is 2. The summed E-state index contributed by atoms with van der Waals surface area (Å²) in [4.78, 5) is 16.8. The van der Waals surface area contributed by atoms with Gasteiger partial charge in [-0.2, -0.15) is 0 Å². The topological polar surface area (TPSA) is 62.2 Å². The fourth-order valence-corrected chi connectivity index (χ4v) is 2.96. The Morgan fingerprint density at radius 3 is 2.58 bits per heavy atom. The molecule has 1 aromatic carbocycles. The average molecular weight is 328 g/mol. The lowest BCUT2D eigenvalue weighted by molar-refractivity contribution is -0.123. The van der Waals surface area contributed by atoms with Gasteiger partial charge in [-0.15, -0.1) is 0 Å². The number of carbonyl (C=O) groups excluding carboxylic acids is 1. The quantitative estimate of drug-likeness (QED) is 0.819. The zero-order valence-corrected chi connectivity index (χ0v) is 13.4. The molecule has 0 radical (unpaired) electrons. The number of nitrogens with one attached hydrogen (secondary N) is 1. The standard InChI is InChI=1S/C19H21FN2O2/c20-16-6-4-15(5-7-16)19(8-9-19)18(24)22-12-14(13-23)11-17-3-1-2-10-21-17/h1-7,10,14,23H,8-9,11-13H2,(H,22,24). The molecule has 24 heavy (non-hydrogen) atoms. The van der Waals surface area contributed by atoms with Gasteiger partial charge in [-0.3, -0.25) is 9.78 Å². The van der Waals surface area contributed by atoms with Crippen molar-refractivity contribution in [3.8, 4) is 0 Å². The van der Waals surface area contributed by atoms with Crippen molar-refractivity contribution in [2.75, 3.05) is 13.2 Å². The molecule has 2 aromatic rings. The molecule has 0 bridgehead atoms. The van der Waals surface area contributed by atoms with Crippen LogP contribution < -0.4 is 5.32 Å². The summed E-state index contributed by atoms with van der Waals surface area (Å²) in [5, 5.41) is 12.5. The van der Waals surface area contributed by atoms with Crippen molar-refractivity contribution in [1.29, 1.82) is 0 Å². The first-order valence-electron chi connectivity index (χ1n) is 8.19. The second-order valence-electron chi connectivity index (χ2n) is 6.37. The second kappa shape index (κ2) is 7.09. The third-order valence-electron chi connectivity index (χ3n) is 4.61. The minimum absolute atomic E-state index is 0.0135. The molecule has 1 amide bonds. The Morgan fingerprint density at radius 2 is 2.00 bits per heavy atom. The van der Waals surface area contributed by atoms with Crippen LogP contribution in [0.15, 0.2) is 48.7 Å². The number of aliphatic hydroxyl groups excluding tert-OH is 1. The van der Waals surface area contributed by atoms with Gasteiger partial charge in [0.1, 0.15) is 5.82 Å². The largest absolute Gasteiger partial charge is 0.396 e. The molecule has 1 aliphatic carbocycles. The smallest absolute Gasteiger partial charge is 0.230 e. The van der Waals surface area contributed by atoms with E-state index in [1.165, 1.54) is 12.1 Å². The van der Waals surface area contributed by atoms with Crippen LogP contribution in [0, 0.1) is 11.7 Å². The van der Waals surface area contributed by atoms with E-state index >= 15 is 0 Å². The summed E-state index contributed by atoms with van der Waals surface area (Å²) in [6.07, 6.45) is 3.88. The van der Waals surface area contributed by atoms with Crippen LogP contribution in [0.4, 0.5) is 4.39 Å². The fraction of sp³-hybridized carbons (Fsp3) is 0.368. The third kappa shape index (κ3) is 3.62. The molecule has 1 aliphatic rings. The van der Waals surface area contributed by atoms with E-state index in [1.807, 2.05) is 18.2 Å². The number of halogens is 1. The molecule has 1 atom stereocenters. The molecule has 1 saturated carbocycles. The van der Waals surface area contributed by atoms with E-state index in [-0.39, 0.29) is 24.2 Å². The molecule has 1 aromatic heterocycles. The number of aliphatic hydroxyl groups is 1. The first-order valence-corrected chi connectivity index (χ1v) is 8.19. The average Bonchev–Trinajstić information content (AvgIpc) is 3.41. The Bertz CT molecular complexity index is 684. The van der Waals surface area contributed by atoms with Gasteiger partial charge in [-0.05, 0) is 49.1 Å². The van der Waals surface area contributed by atoms with Gasteiger partial charge in [-0.25, -0.2) is 4.39 Å². The van der Waals surface area contributed by atoms with E-state index in [9.17, 15) is 14.3 Å². The van der Waals surface area contributed by atoms with Crippen molar-refractivity contribution >= 4 is 5.91 Å². The van der Waals surface area contributed by atoms with Crippen LogP contribution in [0.3, 0.4) is 0 Å². The van der Waals surface area contributed by atoms with Gasteiger partial charge in [0, 0.05) is 31.0 Å². The highest BCUT2D eigenvalue weighted by Gasteiger charge is 2.51. The summed E-state index contributed by atoms with van der Waals surface area (Å²) in [6, 6.07) is 11.8. The Morgan fingerprint density at radius 1 is 1.25 bits per heavy atom. The summed E-state index contributed by atoms with van der Waals surface area (Å²) in [6.45, 7) is 0.384. The molecule has 1 heterocycles. The molecular formula is C19H21FN2O2. The van der Waals surface area contributed by atoms with Crippen LogP contribution in [-0.2, 0) is 16.6 Å². The molecule has 1 fully saturated rings. The predicted molar refractivity (Wildman–Crippen MR) is 88.8 cm³/mol. The maximum Gasteiger partial charge on any atom is 0.230 e. The minimum atomic E-state index is -0.529. The van der Waals surface area contributed by atoms with Crippen LogP contribution in [0.1, 0.15) is 24.1 Å². The van der Waals surface area contributed by atoms with Crippen molar-refractivity contribution in [3.05, 3.63) is 65.7 Å². The molecule has 126 valence electrons. The minimum Gasteiger partial charge on any atom is -0.396 e. The highest BCUT2D eigenvalue weighted by molar-refractivity contribution is 5.91. The SMILES string of the molecule is O=C(NCC(CO)Cc1ccccn1)C1(c2ccc(F)cc2)CC1. The number of aromatic nitrogens is 1. The Hall–Kier alpha value is -2.27. The van der Waals surface area contributed by atoms with E-state index in [2.05, 4.69) is 10.3 Å². The number of rotatable bonds is 7. The van der Waals surface area contributed by atoms with Crippen LogP contribution in [0.2, 0.25) is 0 Å². The van der Waals surface area contributed by atoms with Gasteiger partial charge in [0.05, 0.1) is 5.41 Å². The number of amides is 1. The van der Waals surface area contributed by atoms with E-state index in [4.69, 9.17) is 0 Å². The van der Waals surface area contributed by atoms with Crippen LogP contribution >= 0.6 is 0 Å². The summed E-state index contributed by atoms with van der Waals surface area (Å²) < 4.78 is 13.1. The highest BCUT2D eigenvalue weighted by Crippen LogP contribution is 2.48. The number of benzene rings is 1. The fourth-order valence-electron chi connectivity index (χ4n) is 2.96. The lowest BCUT2D eigenvalue weighted by Crippen LogP contribution is -2.39. The summed E-state index contributed by atoms with van der Waals surface area (Å²) in [5.41, 5.74) is 1.22. The predicted octanol–water partition coefficient (Wildman–Crippen LogP) is 2.22. The molecule has 0 aliphatic heterocycles. The van der Waals surface area contributed by atoms with Gasteiger partial charge >= 0.3 is 0 Å². The molecule has 0 spiro atoms. The summed E-state index contributed by atoms with van der Waals surface area (Å²) >= 11 is 0. The van der Waals surface area contributed by atoms with Gasteiger partial charge in [-0.1, -0.05) is 18.2 Å². The van der Waals surface area contributed by atoms with Crippen LogP contribution in [0.5, 0.6) is 0 Å². The molecule has 2 N–H and O–H groups in total. The van der Waals surface area contributed by atoms with Gasteiger partial charge < -0.3 is 10.4 Å². The van der Waals surface area contributed by atoms with Crippen molar-refractivity contribution in [2.24, 2.45) is 5.92 Å². The van der Waals surface area contributed by atoms with Crippen LogP contribution in [-0.4, -0.2) is 29.1 Å². The normalized spacial score (nSPS) is 16.4. The van der Waals surface area contributed by atoms with Crippen molar-refractivity contribution in [1.82, 2.24) is 10.3 Å². The first-order chi connectivity index (χ1) is 11.6. The lowest BCUT2D eigenvalue weighted by Gasteiger charge is -2.19. The first kappa shape index (κ1) is 16.6. The molecule has 3 rings (SSSR count). The Labute approximate surface area is 140 Å². The summed E-state index contributed by atoms with van der Waals surface area (Å²) in [7, 11) is 0.